The fourth-order valence-electron chi connectivity index (χ4n) is 3.60. The third-order valence-corrected chi connectivity index (χ3v) is 5.36. The van der Waals surface area contributed by atoms with Crippen molar-refractivity contribution in [1.82, 2.24) is 20.6 Å². The molecule has 3 aromatic rings. The van der Waals surface area contributed by atoms with E-state index in [2.05, 4.69) is 42.1 Å². The summed E-state index contributed by atoms with van der Waals surface area (Å²) < 4.78 is 0. The van der Waals surface area contributed by atoms with Crippen molar-refractivity contribution in [2.45, 2.75) is 40.0 Å². The number of imide groups is 1. The maximum Gasteiger partial charge on any atom is 0.321 e. The summed E-state index contributed by atoms with van der Waals surface area (Å²) in [4.78, 5) is 31.8. The summed E-state index contributed by atoms with van der Waals surface area (Å²) in [6, 6.07) is 7.43. The summed E-state index contributed by atoms with van der Waals surface area (Å²) in [5.41, 5.74) is 8.52. The zero-order valence-electron chi connectivity index (χ0n) is 18.1. The van der Waals surface area contributed by atoms with E-state index in [9.17, 15) is 9.59 Å². The number of carbonyl (C=O) groups is 2. The maximum atomic E-state index is 12.2. The minimum absolute atomic E-state index is 0.254. The van der Waals surface area contributed by atoms with Gasteiger partial charge in [-0.25, -0.2) is 4.79 Å². The summed E-state index contributed by atoms with van der Waals surface area (Å²) in [5, 5.41) is 4.61. The molecule has 0 aliphatic rings. The lowest BCUT2D eigenvalue weighted by atomic mass is 9.93. The number of fused-ring (bicyclic) bond motifs is 1. The Labute approximate surface area is 176 Å². The van der Waals surface area contributed by atoms with Gasteiger partial charge in [-0.05, 0) is 59.7 Å². The van der Waals surface area contributed by atoms with Crippen LogP contribution in [0.3, 0.4) is 0 Å². The first kappa shape index (κ1) is 21.3. The molecule has 3 N–H and O–H groups in total. The van der Waals surface area contributed by atoms with Crippen molar-refractivity contribution in [2.75, 3.05) is 7.05 Å². The number of benzene rings is 1. The molecule has 6 heteroatoms. The van der Waals surface area contributed by atoms with Gasteiger partial charge in [0, 0.05) is 30.9 Å². The average Bonchev–Trinajstić information content (AvgIpc) is 3.13. The van der Waals surface area contributed by atoms with Crippen molar-refractivity contribution in [1.29, 1.82) is 0 Å². The Balaban J connectivity index is 1.88. The van der Waals surface area contributed by atoms with Gasteiger partial charge in [-0.15, -0.1) is 0 Å². The number of rotatable bonds is 5. The first-order valence-corrected chi connectivity index (χ1v) is 10.0. The third kappa shape index (κ3) is 4.27. The smallest absolute Gasteiger partial charge is 0.321 e. The number of aryl methyl sites for hydroxylation is 2. The van der Waals surface area contributed by atoms with Crippen LogP contribution in [0.4, 0.5) is 4.79 Å². The fourth-order valence-corrected chi connectivity index (χ4v) is 3.60. The SMILES string of the molecule is C=C(C(=O)NC(=O)NC)c1cc(C)c(Cc2ccc3[nH]cc(C(C)C)c3n2)c(C)c1. The Kier molecular flexibility index (Phi) is 6.06. The monoisotopic (exact) mass is 404 g/mol. The second kappa shape index (κ2) is 8.53. The van der Waals surface area contributed by atoms with E-state index < -0.39 is 11.9 Å². The standard InChI is InChI=1S/C24H28N4O2/c1-13(2)20-12-26-21-8-7-18(27-22(20)21)11-19-14(3)9-17(10-15(19)4)16(5)23(29)28-24(30)25-6/h7-10,12-13,26H,5,11H2,1-4,6H3,(H2,25,28,29,30). The van der Waals surface area contributed by atoms with Gasteiger partial charge in [-0.2, -0.15) is 0 Å². The Hall–Kier alpha value is -3.41. The van der Waals surface area contributed by atoms with Gasteiger partial charge in [0.1, 0.15) is 0 Å². The molecule has 0 aliphatic heterocycles. The minimum Gasteiger partial charge on any atom is -0.360 e. The number of pyridine rings is 1. The molecule has 0 radical (unpaired) electrons. The Morgan fingerprint density at radius 1 is 1.17 bits per heavy atom. The second-order valence-corrected chi connectivity index (χ2v) is 7.87. The van der Waals surface area contributed by atoms with E-state index in [0.717, 1.165) is 27.9 Å². The first-order valence-electron chi connectivity index (χ1n) is 10.0. The molecule has 0 fully saturated rings. The summed E-state index contributed by atoms with van der Waals surface area (Å²) in [6.45, 7) is 12.2. The van der Waals surface area contributed by atoms with Gasteiger partial charge >= 0.3 is 6.03 Å². The summed E-state index contributed by atoms with van der Waals surface area (Å²) >= 11 is 0. The van der Waals surface area contributed by atoms with Crippen LogP contribution in [0.1, 0.15) is 53.3 Å². The molecule has 0 atom stereocenters. The van der Waals surface area contributed by atoms with E-state index >= 15 is 0 Å². The Bertz CT molecular complexity index is 1120. The Morgan fingerprint density at radius 3 is 2.43 bits per heavy atom. The lowest BCUT2D eigenvalue weighted by Gasteiger charge is -2.14. The highest BCUT2D eigenvalue weighted by Crippen LogP contribution is 2.27. The second-order valence-electron chi connectivity index (χ2n) is 7.87. The van der Waals surface area contributed by atoms with Gasteiger partial charge in [-0.3, -0.25) is 15.1 Å². The molecule has 2 aromatic heterocycles. The van der Waals surface area contributed by atoms with E-state index in [1.807, 2.05) is 38.2 Å². The van der Waals surface area contributed by atoms with Crippen LogP contribution in [0, 0.1) is 13.8 Å². The number of urea groups is 1. The summed E-state index contributed by atoms with van der Waals surface area (Å²) in [7, 11) is 1.46. The fraction of sp³-hybridized carbons (Fsp3) is 0.292. The van der Waals surface area contributed by atoms with Gasteiger partial charge in [-0.1, -0.05) is 32.6 Å². The van der Waals surface area contributed by atoms with E-state index in [4.69, 9.17) is 4.98 Å². The van der Waals surface area contributed by atoms with Crippen molar-refractivity contribution in [3.8, 4) is 0 Å². The number of nitrogens with zero attached hydrogens (tertiary/aromatic N) is 1. The minimum atomic E-state index is -0.557. The van der Waals surface area contributed by atoms with Gasteiger partial charge in [0.05, 0.1) is 11.0 Å². The average molecular weight is 405 g/mol. The first-order chi connectivity index (χ1) is 14.2. The topological polar surface area (TPSA) is 86.9 Å². The van der Waals surface area contributed by atoms with Crippen LogP contribution in [0.2, 0.25) is 0 Å². The molecule has 156 valence electrons. The maximum absolute atomic E-state index is 12.2. The predicted octanol–water partition coefficient (Wildman–Crippen LogP) is 4.36. The highest BCUT2D eigenvalue weighted by Gasteiger charge is 2.16. The molecular formula is C24H28N4O2. The predicted molar refractivity (Wildman–Crippen MR) is 121 cm³/mol. The number of H-pyrrole nitrogens is 1. The molecular weight excluding hydrogens is 376 g/mol. The summed E-state index contributed by atoms with van der Waals surface area (Å²) in [5.74, 6) is -0.113. The van der Waals surface area contributed by atoms with Crippen LogP contribution in [0.5, 0.6) is 0 Å². The quantitative estimate of drug-likeness (QED) is 0.552. The van der Waals surface area contributed by atoms with Crippen molar-refractivity contribution in [3.63, 3.8) is 0 Å². The molecule has 0 bridgehead atoms. The zero-order valence-corrected chi connectivity index (χ0v) is 18.1. The molecule has 1 aromatic carbocycles. The van der Waals surface area contributed by atoms with Crippen LogP contribution >= 0.6 is 0 Å². The lowest BCUT2D eigenvalue weighted by molar-refractivity contribution is -0.114. The Morgan fingerprint density at radius 2 is 1.83 bits per heavy atom. The molecule has 30 heavy (non-hydrogen) atoms. The number of carbonyl (C=O) groups excluding carboxylic acids is 2. The summed E-state index contributed by atoms with van der Waals surface area (Å²) in [6.07, 6.45) is 2.74. The van der Waals surface area contributed by atoms with E-state index in [1.165, 1.54) is 18.2 Å². The van der Waals surface area contributed by atoms with E-state index in [-0.39, 0.29) is 5.57 Å². The number of aromatic nitrogens is 2. The highest BCUT2D eigenvalue weighted by atomic mass is 16.2. The van der Waals surface area contributed by atoms with E-state index in [1.54, 1.807) is 0 Å². The van der Waals surface area contributed by atoms with Crippen molar-refractivity contribution >= 4 is 28.5 Å². The molecule has 0 saturated heterocycles. The molecule has 2 heterocycles. The van der Waals surface area contributed by atoms with E-state index in [0.29, 0.717) is 17.9 Å². The highest BCUT2D eigenvalue weighted by molar-refractivity contribution is 6.22. The van der Waals surface area contributed by atoms with Crippen LogP contribution in [-0.2, 0) is 11.2 Å². The number of amides is 3. The molecule has 3 amide bonds. The van der Waals surface area contributed by atoms with Crippen molar-refractivity contribution in [2.24, 2.45) is 0 Å². The van der Waals surface area contributed by atoms with Crippen LogP contribution < -0.4 is 10.6 Å². The molecule has 0 saturated carbocycles. The third-order valence-electron chi connectivity index (χ3n) is 5.36. The largest absolute Gasteiger partial charge is 0.360 e. The number of nitrogens with one attached hydrogen (secondary N) is 3. The molecule has 0 spiro atoms. The van der Waals surface area contributed by atoms with Crippen LogP contribution in [0.25, 0.3) is 16.6 Å². The van der Waals surface area contributed by atoms with Gasteiger partial charge in [0.15, 0.2) is 0 Å². The molecule has 6 nitrogen and oxygen atoms in total. The van der Waals surface area contributed by atoms with Crippen molar-refractivity contribution in [3.05, 3.63) is 70.6 Å². The number of aromatic amines is 1. The number of hydrogen-bond donors (Lipinski definition) is 3. The van der Waals surface area contributed by atoms with Crippen LogP contribution in [0.15, 0.2) is 37.0 Å². The normalized spacial score (nSPS) is 11.0. The van der Waals surface area contributed by atoms with Gasteiger partial charge < -0.3 is 10.3 Å². The zero-order chi connectivity index (χ0) is 22.0. The van der Waals surface area contributed by atoms with Crippen molar-refractivity contribution < 1.29 is 9.59 Å². The lowest BCUT2D eigenvalue weighted by Crippen LogP contribution is -2.37. The van der Waals surface area contributed by atoms with Gasteiger partial charge in [0.25, 0.3) is 5.91 Å². The van der Waals surface area contributed by atoms with Gasteiger partial charge in [0.2, 0.25) is 0 Å². The molecule has 0 unspecified atom stereocenters. The molecule has 0 aliphatic carbocycles. The molecule has 3 rings (SSSR count). The van der Waals surface area contributed by atoms with Crippen LogP contribution in [-0.4, -0.2) is 29.0 Å². The number of hydrogen-bond acceptors (Lipinski definition) is 3.